The first-order valence-corrected chi connectivity index (χ1v) is 10.2. The molecule has 1 aliphatic heterocycles. The van der Waals surface area contributed by atoms with E-state index in [1.807, 2.05) is 36.4 Å². The van der Waals surface area contributed by atoms with Gasteiger partial charge in [0.05, 0.1) is 13.7 Å². The Balaban J connectivity index is 1.35. The minimum Gasteiger partial charge on any atom is -0.496 e. The summed E-state index contributed by atoms with van der Waals surface area (Å²) in [5.74, 6) is 1.66. The molecule has 30 heavy (non-hydrogen) atoms. The fraction of sp³-hybridized carbons (Fsp3) is 0.292. The van der Waals surface area contributed by atoms with Gasteiger partial charge in [-0.25, -0.2) is 9.97 Å². The van der Waals surface area contributed by atoms with Gasteiger partial charge in [-0.05, 0) is 53.8 Å². The second kappa shape index (κ2) is 9.50. The van der Waals surface area contributed by atoms with Crippen LogP contribution in [0.15, 0.2) is 60.9 Å². The van der Waals surface area contributed by atoms with Gasteiger partial charge < -0.3 is 10.1 Å². The lowest BCUT2D eigenvalue weighted by atomic mass is 9.99. The number of carbonyl (C=O) groups is 1. The van der Waals surface area contributed by atoms with E-state index >= 15 is 0 Å². The molecule has 2 heterocycles. The van der Waals surface area contributed by atoms with Crippen molar-refractivity contribution in [2.45, 2.75) is 32.4 Å². The van der Waals surface area contributed by atoms with Crippen molar-refractivity contribution in [2.75, 3.05) is 19.0 Å². The second-order valence-electron chi connectivity index (χ2n) is 7.47. The number of ether oxygens (including phenoxy) is 1. The molecule has 0 aliphatic carbocycles. The summed E-state index contributed by atoms with van der Waals surface area (Å²) >= 11 is 0. The highest BCUT2D eigenvalue weighted by Crippen LogP contribution is 2.24. The smallest absolute Gasteiger partial charge is 0.224 e. The van der Waals surface area contributed by atoms with E-state index in [2.05, 4.69) is 32.3 Å². The Hall–Kier alpha value is -3.25. The van der Waals surface area contributed by atoms with Crippen molar-refractivity contribution in [3.8, 4) is 5.75 Å². The van der Waals surface area contributed by atoms with Crippen LogP contribution < -0.4 is 10.1 Å². The van der Waals surface area contributed by atoms with Crippen LogP contribution in [0, 0.1) is 0 Å². The molecule has 0 spiro atoms. The van der Waals surface area contributed by atoms with Crippen molar-refractivity contribution in [2.24, 2.45) is 0 Å². The number of aromatic nitrogens is 2. The van der Waals surface area contributed by atoms with Crippen molar-refractivity contribution in [1.82, 2.24) is 14.9 Å². The molecule has 0 saturated carbocycles. The van der Waals surface area contributed by atoms with Crippen molar-refractivity contribution in [3.05, 3.63) is 83.4 Å². The van der Waals surface area contributed by atoms with Crippen LogP contribution in [0.1, 0.15) is 28.9 Å². The number of methoxy groups -OCH3 is 1. The highest BCUT2D eigenvalue weighted by Gasteiger charge is 2.18. The van der Waals surface area contributed by atoms with Gasteiger partial charge in [0.2, 0.25) is 5.91 Å². The van der Waals surface area contributed by atoms with E-state index in [0.717, 1.165) is 48.9 Å². The lowest BCUT2D eigenvalue weighted by molar-refractivity contribution is -0.116. The highest BCUT2D eigenvalue weighted by atomic mass is 16.5. The number of aryl methyl sites for hydroxylation is 1. The molecule has 6 heteroatoms. The molecule has 0 saturated heterocycles. The van der Waals surface area contributed by atoms with Gasteiger partial charge in [-0.3, -0.25) is 9.69 Å². The molecular formula is C24H26N4O2. The summed E-state index contributed by atoms with van der Waals surface area (Å²) < 4.78 is 5.37. The number of rotatable bonds is 7. The standard InChI is InChI=1S/C24H26N4O2/c1-30-22-6-3-2-5-19(22)8-10-24(29)27-21-9-7-18-11-14-28(16-20(18)15-21)17-23-25-12-4-13-26-23/h2-7,9,12-13,15H,8,10-11,14,16-17H2,1H3,(H,27,29). The number of nitrogens with one attached hydrogen (secondary N) is 1. The number of carbonyl (C=O) groups excluding carboxylic acids is 1. The molecule has 154 valence electrons. The fourth-order valence-corrected chi connectivity index (χ4v) is 3.82. The lowest BCUT2D eigenvalue weighted by Gasteiger charge is -2.28. The second-order valence-corrected chi connectivity index (χ2v) is 7.47. The minimum atomic E-state index is 0.00575. The van der Waals surface area contributed by atoms with E-state index in [1.54, 1.807) is 19.5 Å². The maximum absolute atomic E-state index is 12.5. The van der Waals surface area contributed by atoms with Crippen molar-refractivity contribution >= 4 is 11.6 Å². The number of benzene rings is 2. The molecule has 0 radical (unpaired) electrons. The first kappa shape index (κ1) is 20.0. The zero-order valence-electron chi connectivity index (χ0n) is 17.2. The SMILES string of the molecule is COc1ccccc1CCC(=O)Nc1ccc2c(c1)CN(Cc1ncccn1)CC2. The first-order chi connectivity index (χ1) is 14.7. The predicted molar refractivity (Wildman–Crippen MR) is 116 cm³/mol. The van der Waals surface area contributed by atoms with Gasteiger partial charge in [-0.15, -0.1) is 0 Å². The quantitative estimate of drug-likeness (QED) is 0.654. The summed E-state index contributed by atoms with van der Waals surface area (Å²) in [6.45, 7) is 2.55. The third-order valence-corrected chi connectivity index (χ3v) is 5.38. The highest BCUT2D eigenvalue weighted by molar-refractivity contribution is 5.91. The van der Waals surface area contributed by atoms with Gasteiger partial charge >= 0.3 is 0 Å². The topological polar surface area (TPSA) is 67.3 Å². The largest absolute Gasteiger partial charge is 0.496 e. The lowest BCUT2D eigenvalue weighted by Crippen LogP contribution is -2.30. The number of anilines is 1. The Bertz CT molecular complexity index is 1010. The third kappa shape index (κ3) is 5.02. The molecule has 1 aliphatic rings. The van der Waals surface area contributed by atoms with Crippen LogP contribution in [0.3, 0.4) is 0 Å². The summed E-state index contributed by atoms with van der Waals surface area (Å²) in [5, 5.41) is 3.04. The zero-order valence-corrected chi connectivity index (χ0v) is 17.2. The van der Waals surface area contributed by atoms with Gasteiger partial charge in [-0.1, -0.05) is 24.3 Å². The zero-order chi connectivity index (χ0) is 20.8. The maximum Gasteiger partial charge on any atom is 0.224 e. The molecule has 2 aromatic carbocycles. The van der Waals surface area contributed by atoms with E-state index < -0.39 is 0 Å². The van der Waals surface area contributed by atoms with E-state index in [0.29, 0.717) is 12.8 Å². The van der Waals surface area contributed by atoms with Crippen LogP contribution >= 0.6 is 0 Å². The predicted octanol–water partition coefficient (Wildman–Crippen LogP) is 3.61. The van der Waals surface area contributed by atoms with Gasteiger partial charge in [0, 0.05) is 37.6 Å². The molecule has 1 amide bonds. The number of hydrogen-bond acceptors (Lipinski definition) is 5. The first-order valence-electron chi connectivity index (χ1n) is 10.2. The molecule has 3 aromatic rings. The van der Waals surface area contributed by atoms with Crippen molar-refractivity contribution < 1.29 is 9.53 Å². The third-order valence-electron chi connectivity index (χ3n) is 5.38. The van der Waals surface area contributed by atoms with E-state index in [1.165, 1.54) is 11.1 Å². The summed E-state index contributed by atoms with van der Waals surface area (Å²) in [5.41, 5.74) is 4.47. The molecule has 1 N–H and O–H groups in total. The molecule has 0 atom stereocenters. The summed E-state index contributed by atoms with van der Waals surface area (Å²) in [6.07, 6.45) is 5.60. The summed E-state index contributed by atoms with van der Waals surface area (Å²) in [4.78, 5) is 23.5. The van der Waals surface area contributed by atoms with Gasteiger partial charge in [-0.2, -0.15) is 0 Å². The van der Waals surface area contributed by atoms with Crippen LogP contribution in [0.25, 0.3) is 0 Å². The molecule has 0 fully saturated rings. The maximum atomic E-state index is 12.5. The number of para-hydroxylation sites is 1. The Morgan fingerprint density at radius 2 is 1.93 bits per heavy atom. The van der Waals surface area contributed by atoms with Crippen molar-refractivity contribution in [1.29, 1.82) is 0 Å². The Labute approximate surface area is 176 Å². The van der Waals surface area contributed by atoms with Crippen LogP contribution in [0.4, 0.5) is 5.69 Å². The average Bonchev–Trinajstić information content (AvgIpc) is 2.78. The molecule has 0 bridgehead atoms. The van der Waals surface area contributed by atoms with Gasteiger partial charge in [0.25, 0.3) is 0 Å². The number of fused-ring (bicyclic) bond motifs is 1. The van der Waals surface area contributed by atoms with Gasteiger partial charge in [0.15, 0.2) is 0 Å². The number of amides is 1. The normalized spacial score (nSPS) is 13.5. The Morgan fingerprint density at radius 1 is 1.10 bits per heavy atom. The molecule has 6 nitrogen and oxygen atoms in total. The van der Waals surface area contributed by atoms with Crippen LogP contribution in [0.2, 0.25) is 0 Å². The van der Waals surface area contributed by atoms with E-state index in [4.69, 9.17) is 4.74 Å². The summed E-state index contributed by atoms with van der Waals surface area (Å²) in [6, 6.07) is 15.9. The minimum absolute atomic E-state index is 0.00575. The summed E-state index contributed by atoms with van der Waals surface area (Å²) in [7, 11) is 1.65. The van der Waals surface area contributed by atoms with Crippen molar-refractivity contribution in [3.63, 3.8) is 0 Å². The number of hydrogen-bond donors (Lipinski definition) is 1. The molecule has 4 rings (SSSR count). The monoisotopic (exact) mass is 402 g/mol. The number of nitrogens with zero attached hydrogens (tertiary/aromatic N) is 3. The molecule has 1 aromatic heterocycles. The fourth-order valence-electron chi connectivity index (χ4n) is 3.82. The van der Waals surface area contributed by atoms with E-state index in [-0.39, 0.29) is 5.91 Å². The molecule has 0 unspecified atom stereocenters. The van der Waals surface area contributed by atoms with E-state index in [9.17, 15) is 4.79 Å². The van der Waals surface area contributed by atoms with Crippen LogP contribution in [-0.2, 0) is 30.7 Å². The Morgan fingerprint density at radius 3 is 2.77 bits per heavy atom. The van der Waals surface area contributed by atoms with Crippen LogP contribution in [0.5, 0.6) is 5.75 Å². The Kier molecular flexibility index (Phi) is 6.35. The van der Waals surface area contributed by atoms with Gasteiger partial charge in [0.1, 0.15) is 11.6 Å². The average molecular weight is 402 g/mol. The molecular weight excluding hydrogens is 376 g/mol. The van der Waals surface area contributed by atoms with Crippen LogP contribution in [-0.4, -0.2) is 34.4 Å².